The minimum absolute atomic E-state index is 0.0736. The van der Waals surface area contributed by atoms with Crippen LogP contribution in [0.3, 0.4) is 0 Å². The average Bonchev–Trinajstić information content (AvgIpc) is 3.23. The second-order valence-corrected chi connectivity index (χ2v) is 10.7. The zero-order valence-electron chi connectivity index (χ0n) is 24.4. The van der Waals surface area contributed by atoms with E-state index < -0.39 is 23.5 Å². The van der Waals surface area contributed by atoms with Crippen LogP contribution in [0.25, 0.3) is 6.08 Å². The molecule has 0 aliphatic carbocycles. The zero-order chi connectivity index (χ0) is 29.2. The van der Waals surface area contributed by atoms with Gasteiger partial charge in [-0.1, -0.05) is 56.3 Å². The Morgan fingerprint density at radius 1 is 1.07 bits per heavy atom. The van der Waals surface area contributed by atoms with E-state index in [1.165, 1.54) is 6.08 Å². The summed E-state index contributed by atoms with van der Waals surface area (Å²) in [5.74, 6) is 0.224. The number of amides is 1. The summed E-state index contributed by atoms with van der Waals surface area (Å²) in [5.41, 5.74) is 1.61. The number of carbonyl (C=O) groups excluding carboxylic acids is 2. The number of rotatable bonds is 14. The molecule has 2 heterocycles. The molecule has 1 fully saturated rings. The lowest BCUT2D eigenvalue weighted by molar-refractivity contribution is -0.129. The Morgan fingerprint density at radius 3 is 2.54 bits per heavy atom. The predicted molar refractivity (Wildman–Crippen MR) is 159 cm³/mol. The molecule has 2 aromatic rings. The predicted octanol–water partition coefficient (Wildman–Crippen LogP) is 5.21. The first-order chi connectivity index (χ1) is 19.9. The third-order valence-corrected chi connectivity index (χ3v) is 7.31. The SMILES string of the molecule is CCOc1cc(C2C(C(=O)/C=C/c3ccccc3)=C(O)C(=O)N2CCCN2CCOCC2)ccc1OCCC(C)C. The standard InChI is InChI=1S/C33H42N2O6/c1-4-40-29-23-26(12-14-28(29)41-20-15-24(2)3)31-30(27(36)13-11-25-9-6-5-7-10-25)32(37)33(38)35(31)17-8-16-34-18-21-39-22-19-34/h5-7,9-14,23-24,31,37H,4,8,15-22H2,1-3H3/b13-11+. The van der Waals surface area contributed by atoms with Crippen molar-refractivity contribution in [3.8, 4) is 11.5 Å². The molecule has 1 N–H and O–H groups in total. The van der Waals surface area contributed by atoms with E-state index in [4.69, 9.17) is 14.2 Å². The quantitative estimate of drug-likeness (QED) is 0.316. The molecule has 0 radical (unpaired) electrons. The second-order valence-electron chi connectivity index (χ2n) is 10.7. The van der Waals surface area contributed by atoms with Crippen molar-refractivity contribution in [2.75, 3.05) is 52.6 Å². The third kappa shape index (κ3) is 7.99. The van der Waals surface area contributed by atoms with E-state index in [1.807, 2.05) is 55.5 Å². The van der Waals surface area contributed by atoms with Crippen molar-refractivity contribution < 1.29 is 28.9 Å². The smallest absolute Gasteiger partial charge is 0.290 e. The fourth-order valence-corrected chi connectivity index (χ4v) is 5.08. The fourth-order valence-electron chi connectivity index (χ4n) is 5.08. The zero-order valence-corrected chi connectivity index (χ0v) is 24.4. The lowest BCUT2D eigenvalue weighted by atomic mass is 9.95. The number of ketones is 1. The molecule has 0 saturated carbocycles. The molecule has 2 aliphatic rings. The van der Waals surface area contributed by atoms with E-state index >= 15 is 0 Å². The second kappa shape index (κ2) is 14.8. The maximum absolute atomic E-state index is 13.5. The maximum Gasteiger partial charge on any atom is 0.290 e. The summed E-state index contributed by atoms with van der Waals surface area (Å²) in [6.07, 6.45) is 4.73. The maximum atomic E-state index is 13.5. The van der Waals surface area contributed by atoms with Crippen molar-refractivity contribution in [2.45, 2.75) is 39.7 Å². The van der Waals surface area contributed by atoms with Gasteiger partial charge in [0.1, 0.15) is 0 Å². The molecule has 41 heavy (non-hydrogen) atoms. The molecule has 1 unspecified atom stereocenters. The Hall–Kier alpha value is -3.62. The summed E-state index contributed by atoms with van der Waals surface area (Å²) in [6, 6.07) is 14.2. The van der Waals surface area contributed by atoms with Gasteiger partial charge in [-0.05, 0) is 55.0 Å². The van der Waals surface area contributed by atoms with Gasteiger partial charge in [-0.3, -0.25) is 14.5 Å². The van der Waals surface area contributed by atoms with Gasteiger partial charge < -0.3 is 24.2 Å². The van der Waals surface area contributed by atoms with Gasteiger partial charge in [0.25, 0.3) is 5.91 Å². The van der Waals surface area contributed by atoms with Gasteiger partial charge in [-0.25, -0.2) is 0 Å². The molecule has 4 rings (SSSR count). The van der Waals surface area contributed by atoms with Crippen molar-refractivity contribution in [3.63, 3.8) is 0 Å². The van der Waals surface area contributed by atoms with Crippen molar-refractivity contribution in [1.29, 1.82) is 0 Å². The number of allylic oxidation sites excluding steroid dienone is 1. The monoisotopic (exact) mass is 562 g/mol. The number of aliphatic hydroxyl groups is 1. The summed E-state index contributed by atoms with van der Waals surface area (Å²) >= 11 is 0. The molecule has 2 aliphatic heterocycles. The highest BCUT2D eigenvalue weighted by molar-refractivity contribution is 6.14. The highest BCUT2D eigenvalue weighted by Gasteiger charge is 2.43. The van der Waals surface area contributed by atoms with Crippen molar-refractivity contribution in [1.82, 2.24) is 9.80 Å². The Kier molecular flexibility index (Phi) is 11.0. The van der Waals surface area contributed by atoms with E-state index in [2.05, 4.69) is 18.7 Å². The van der Waals surface area contributed by atoms with E-state index in [0.29, 0.717) is 62.4 Å². The number of aliphatic hydroxyl groups excluding tert-OH is 1. The Bertz CT molecular complexity index is 1230. The number of ether oxygens (including phenoxy) is 3. The molecule has 220 valence electrons. The largest absolute Gasteiger partial charge is 0.503 e. The Labute approximate surface area is 243 Å². The molecule has 0 bridgehead atoms. The molecule has 2 aromatic carbocycles. The van der Waals surface area contributed by atoms with Crippen LogP contribution in [0.4, 0.5) is 0 Å². The van der Waals surface area contributed by atoms with Crippen LogP contribution < -0.4 is 9.47 Å². The van der Waals surface area contributed by atoms with Crippen molar-refractivity contribution in [2.24, 2.45) is 5.92 Å². The molecule has 8 nitrogen and oxygen atoms in total. The normalized spacial score (nSPS) is 18.1. The molecule has 0 spiro atoms. The van der Waals surface area contributed by atoms with Crippen LogP contribution in [-0.2, 0) is 14.3 Å². The van der Waals surface area contributed by atoms with Gasteiger partial charge in [0.05, 0.1) is 38.0 Å². The summed E-state index contributed by atoms with van der Waals surface area (Å²) < 4.78 is 17.4. The van der Waals surface area contributed by atoms with Crippen LogP contribution in [0.5, 0.6) is 11.5 Å². The molecular formula is C33H42N2O6. The molecular weight excluding hydrogens is 520 g/mol. The van der Waals surface area contributed by atoms with E-state index in [-0.39, 0.29) is 5.57 Å². The van der Waals surface area contributed by atoms with Crippen LogP contribution >= 0.6 is 0 Å². The Morgan fingerprint density at radius 2 is 1.83 bits per heavy atom. The highest BCUT2D eigenvalue weighted by atomic mass is 16.5. The third-order valence-electron chi connectivity index (χ3n) is 7.31. The van der Waals surface area contributed by atoms with Crippen LogP contribution in [0, 0.1) is 5.92 Å². The lowest BCUT2D eigenvalue weighted by Gasteiger charge is -2.30. The lowest BCUT2D eigenvalue weighted by Crippen LogP contribution is -2.39. The van der Waals surface area contributed by atoms with Gasteiger partial charge in [-0.2, -0.15) is 0 Å². The first-order valence-electron chi connectivity index (χ1n) is 14.6. The minimum Gasteiger partial charge on any atom is -0.503 e. The summed E-state index contributed by atoms with van der Waals surface area (Å²) in [7, 11) is 0. The van der Waals surface area contributed by atoms with Gasteiger partial charge in [-0.15, -0.1) is 0 Å². The van der Waals surface area contributed by atoms with Crippen LogP contribution in [0.1, 0.15) is 50.8 Å². The Balaban J connectivity index is 1.63. The van der Waals surface area contributed by atoms with Gasteiger partial charge in [0.2, 0.25) is 0 Å². The summed E-state index contributed by atoms with van der Waals surface area (Å²) in [5, 5.41) is 11.0. The minimum atomic E-state index is -0.746. The highest BCUT2D eigenvalue weighted by Crippen LogP contribution is 2.41. The van der Waals surface area contributed by atoms with E-state index in [9.17, 15) is 14.7 Å². The van der Waals surface area contributed by atoms with Crippen molar-refractivity contribution in [3.05, 3.63) is 77.1 Å². The van der Waals surface area contributed by atoms with Crippen molar-refractivity contribution >= 4 is 17.8 Å². The topological polar surface area (TPSA) is 88.5 Å². The number of hydrogen-bond acceptors (Lipinski definition) is 7. The van der Waals surface area contributed by atoms with Crippen LogP contribution in [0.15, 0.2) is 65.9 Å². The van der Waals surface area contributed by atoms with Crippen LogP contribution in [0.2, 0.25) is 0 Å². The van der Waals surface area contributed by atoms with E-state index in [1.54, 1.807) is 11.0 Å². The fraction of sp³-hybridized carbons (Fsp3) is 0.455. The molecule has 1 amide bonds. The number of nitrogens with zero attached hydrogens (tertiary/aromatic N) is 2. The molecule has 0 aromatic heterocycles. The number of carbonyl (C=O) groups is 2. The van der Waals surface area contributed by atoms with E-state index in [0.717, 1.165) is 31.6 Å². The van der Waals surface area contributed by atoms with Gasteiger partial charge in [0, 0.05) is 26.2 Å². The first-order valence-corrected chi connectivity index (χ1v) is 14.6. The first kappa shape index (κ1) is 30.3. The molecule has 8 heteroatoms. The number of morpholine rings is 1. The number of benzene rings is 2. The number of hydrogen-bond donors (Lipinski definition) is 1. The van der Waals surface area contributed by atoms with Crippen LogP contribution in [-0.4, -0.2) is 79.2 Å². The summed E-state index contributed by atoms with van der Waals surface area (Å²) in [6.45, 7) is 11.5. The average molecular weight is 563 g/mol. The molecule has 1 saturated heterocycles. The van der Waals surface area contributed by atoms with Gasteiger partial charge >= 0.3 is 0 Å². The molecule has 1 atom stereocenters. The summed E-state index contributed by atoms with van der Waals surface area (Å²) in [4.78, 5) is 30.8. The van der Waals surface area contributed by atoms with Gasteiger partial charge in [0.15, 0.2) is 23.0 Å².